The summed E-state index contributed by atoms with van der Waals surface area (Å²) in [6, 6.07) is 15.2. The van der Waals surface area contributed by atoms with Gasteiger partial charge < -0.3 is 9.84 Å². The van der Waals surface area contributed by atoms with Crippen molar-refractivity contribution in [3.05, 3.63) is 65.2 Å². The average Bonchev–Trinajstić information content (AvgIpc) is 2.74. The summed E-state index contributed by atoms with van der Waals surface area (Å²) in [5.74, 6) is -0.0606. The van der Waals surface area contributed by atoms with Crippen LogP contribution in [0, 0.1) is 0 Å². The molecule has 0 aliphatic carbocycles. The van der Waals surface area contributed by atoms with Gasteiger partial charge in [-0.2, -0.15) is 0 Å². The normalized spacial score (nSPS) is 10.8. The van der Waals surface area contributed by atoms with Gasteiger partial charge in [-0.1, -0.05) is 89.0 Å². The number of aryl methyl sites for hydroxylation is 1. The number of hydrogen-bond donors (Lipinski definition) is 1. The molecular formula is C26H36O3. The van der Waals surface area contributed by atoms with Crippen molar-refractivity contribution in [2.75, 3.05) is 0 Å². The monoisotopic (exact) mass is 396 g/mol. The maximum Gasteiger partial charge on any atom is 0.335 e. The first-order valence-electron chi connectivity index (χ1n) is 11.2. The van der Waals surface area contributed by atoms with Crippen LogP contribution in [0.5, 0.6) is 5.75 Å². The predicted molar refractivity (Wildman–Crippen MR) is 120 cm³/mol. The second-order valence-corrected chi connectivity index (χ2v) is 7.87. The molecule has 0 bridgehead atoms. The first-order chi connectivity index (χ1) is 14.2. The van der Waals surface area contributed by atoms with Crippen molar-refractivity contribution < 1.29 is 14.6 Å². The van der Waals surface area contributed by atoms with E-state index in [0.717, 1.165) is 17.7 Å². The Balaban J connectivity index is 1.57. The summed E-state index contributed by atoms with van der Waals surface area (Å²) in [7, 11) is 0. The van der Waals surface area contributed by atoms with E-state index in [-0.39, 0.29) is 0 Å². The van der Waals surface area contributed by atoms with E-state index in [1.165, 1.54) is 69.8 Å². The zero-order valence-electron chi connectivity index (χ0n) is 17.9. The van der Waals surface area contributed by atoms with Crippen molar-refractivity contribution in [2.24, 2.45) is 0 Å². The molecule has 0 atom stereocenters. The highest BCUT2D eigenvalue weighted by Gasteiger charge is 2.02. The number of carbonyl (C=O) groups is 1. The Morgan fingerprint density at radius 3 is 1.79 bits per heavy atom. The van der Waals surface area contributed by atoms with Gasteiger partial charge in [0.15, 0.2) is 0 Å². The highest BCUT2D eigenvalue weighted by atomic mass is 16.5. The summed E-state index contributed by atoms with van der Waals surface area (Å²) < 4.78 is 5.80. The number of benzene rings is 2. The molecule has 2 aromatic rings. The van der Waals surface area contributed by atoms with Crippen LogP contribution in [0.15, 0.2) is 48.5 Å². The second-order valence-electron chi connectivity index (χ2n) is 7.87. The van der Waals surface area contributed by atoms with Crippen LogP contribution in [0.1, 0.15) is 92.6 Å². The predicted octanol–water partition coefficient (Wildman–Crippen LogP) is 7.43. The molecule has 29 heavy (non-hydrogen) atoms. The fraction of sp³-hybridized carbons (Fsp3) is 0.500. The van der Waals surface area contributed by atoms with E-state index >= 15 is 0 Å². The van der Waals surface area contributed by atoms with Gasteiger partial charge in [-0.3, -0.25) is 0 Å². The molecule has 0 unspecified atom stereocenters. The van der Waals surface area contributed by atoms with Crippen molar-refractivity contribution >= 4 is 5.97 Å². The van der Waals surface area contributed by atoms with E-state index in [0.29, 0.717) is 12.2 Å². The number of carboxylic acid groups (broad SMARTS) is 1. The number of hydrogen-bond acceptors (Lipinski definition) is 2. The molecule has 0 aliphatic heterocycles. The summed E-state index contributed by atoms with van der Waals surface area (Å²) in [6.45, 7) is 2.71. The summed E-state index contributed by atoms with van der Waals surface area (Å²) in [5.41, 5.74) is 2.62. The Kier molecular flexibility index (Phi) is 11.0. The van der Waals surface area contributed by atoms with E-state index in [9.17, 15) is 4.79 Å². The van der Waals surface area contributed by atoms with Crippen molar-refractivity contribution in [1.29, 1.82) is 0 Å². The van der Waals surface area contributed by atoms with Gasteiger partial charge >= 0.3 is 5.97 Å². The molecule has 0 saturated carbocycles. The fourth-order valence-corrected chi connectivity index (χ4v) is 3.48. The fourth-order valence-electron chi connectivity index (χ4n) is 3.48. The summed E-state index contributed by atoms with van der Waals surface area (Å²) in [6.07, 6.45) is 14.8. The molecular weight excluding hydrogens is 360 g/mol. The number of aromatic carboxylic acids is 1. The number of ether oxygens (including phenoxy) is 1. The topological polar surface area (TPSA) is 46.5 Å². The Labute approximate surface area is 176 Å². The van der Waals surface area contributed by atoms with Crippen LogP contribution in [-0.4, -0.2) is 11.1 Å². The minimum atomic E-state index is -0.907. The molecule has 0 spiro atoms. The highest BCUT2D eigenvalue weighted by molar-refractivity contribution is 5.87. The van der Waals surface area contributed by atoms with Crippen LogP contribution >= 0.6 is 0 Å². The van der Waals surface area contributed by atoms with Crippen LogP contribution < -0.4 is 4.74 Å². The molecule has 0 aliphatic rings. The quantitative estimate of drug-likeness (QED) is 0.318. The van der Waals surface area contributed by atoms with Gasteiger partial charge in [-0.15, -0.1) is 0 Å². The third kappa shape index (κ3) is 9.65. The molecule has 0 aromatic heterocycles. The minimum Gasteiger partial charge on any atom is -0.489 e. The van der Waals surface area contributed by atoms with E-state index in [4.69, 9.17) is 9.84 Å². The molecule has 0 saturated heterocycles. The Hall–Kier alpha value is -2.29. The van der Waals surface area contributed by atoms with Crippen molar-refractivity contribution in [3.8, 4) is 5.75 Å². The van der Waals surface area contributed by atoms with Crippen LogP contribution in [0.25, 0.3) is 0 Å². The van der Waals surface area contributed by atoms with Gasteiger partial charge in [0.05, 0.1) is 5.56 Å². The van der Waals surface area contributed by atoms with Gasteiger partial charge in [-0.05, 0) is 48.2 Å². The second kappa shape index (κ2) is 13.8. The van der Waals surface area contributed by atoms with Crippen molar-refractivity contribution in [1.82, 2.24) is 0 Å². The van der Waals surface area contributed by atoms with Gasteiger partial charge in [0, 0.05) is 0 Å². The number of rotatable bonds is 15. The molecule has 3 nitrogen and oxygen atoms in total. The van der Waals surface area contributed by atoms with Crippen LogP contribution in [0.2, 0.25) is 0 Å². The molecule has 0 fully saturated rings. The first-order valence-corrected chi connectivity index (χ1v) is 11.2. The molecule has 2 rings (SSSR count). The zero-order valence-corrected chi connectivity index (χ0v) is 17.9. The average molecular weight is 397 g/mol. The minimum absolute atomic E-state index is 0.296. The van der Waals surface area contributed by atoms with Crippen molar-refractivity contribution in [3.63, 3.8) is 0 Å². The highest BCUT2D eigenvalue weighted by Crippen LogP contribution is 2.17. The molecule has 158 valence electrons. The number of carboxylic acids is 1. The molecule has 0 heterocycles. The van der Waals surface area contributed by atoms with E-state index in [1.807, 2.05) is 12.1 Å². The largest absolute Gasteiger partial charge is 0.489 e. The molecule has 0 radical (unpaired) electrons. The van der Waals surface area contributed by atoms with E-state index in [2.05, 4.69) is 19.1 Å². The van der Waals surface area contributed by atoms with E-state index in [1.54, 1.807) is 24.3 Å². The molecule has 0 amide bonds. The Morgan fingerprint density at radius 1 is 0.724 bits per heavy atom. The summed E-state index contributed by atoms with van der Waals surface area (Å²) >= 11 is 0. The standard InChI is InChI=1S/C26H36O3/c1-2-3-4-5-6-7-8-9-10-11-12-22-15-19-25(20-16-22)29-21-23-13-17-24(18-14-23)26(27)28/h13-20H,2-12,21H2,1H3,(H,27,28). The SMILES string of the molecule is CCCCCCCCCCCCc1ccc(OCc2ccc(C(=O)O)cc2)cc1. The third-order valence-electron chi connectivity index (χ3n) is 5.35. The van der Waals surface area contributed by atoms with Gasteiger partial charge in [0.1, 0.15) is 12.4 Å². The van der Waals surface area contributed by atoms with Gasteiger partial charge in [0.25, 0.3) is 0 Å². The molecule has 3 heteroatoms. The van der Waals surface area contributed by atoms with Gasteiger partial charge in [0.2, 0.25) is 0 Å². The lowest BCUT2D eigenvalue weighted by Gasteiger charge is -2.08. The maximum absolute atomic E-state index is 10.9. The lowest BCUT2D eigenvalue weighted by atomic mass is 10.0. The number of unbranched alkanes of at least 4 members (excludes halogenated alkanes) is 9. The Bertz CT molecular complexity index is 689. The van der Waals surface area contributed by atoms with Crippen LogP contribution in [0.3, 0.4) is 0 Å². The molecule has 2 aromatic carbocycles. The maximum atomic E-state index is 10.9. The Morgan fingerprint density at radius 2 is 1.24 bits per heavy atom. The smallest absolute Gasteiger partial charge is 0.335 e. The molecule has 1 N–H and O–H groups in total. The van der Waals surface area contributed by atoms with Crippen molar-refractivity contribution in [2.45, 2.75) is 84.2 Å². The van der Waals surface area contributed by atoms with Crippen LogP contribution in [-0.2, 0) is 13.0 Å². The zero-order chi connectivity index (χ0) is 20.7. The summed E-state index contributed by atoms with van der Waals surface area (Å²) in [5, 5.41) is 8.93. The third-order valence-corrected chi connectivity index (χ3v) is 5.35. The van der Waals surface area contributed by atoms with Crippen LogP contribution in [0.4, 0.5) is 0 Å². The first kappa shape index (κ1) is 23.0. The lowest BCUT2D eigenvalue weighted by molar-refractivity contribution is 0.0697. The van der Waals surface area contributed by atoms with Gasteiger partial charge in [-0.25, -0.2) is 4.79 Å². The summed E-state index contributed by atoms with van der Waals surface area (Å²) in [4.78, 5) is 10.9. The lowest BCUT2D eigenvalue weighted by Crippen LogP contribution is -1.99. The van der Waals surface area contributed by atoms with E-state index < -0.39 is 5.97 Å².